The Balaban J connectivity index is 1.61. The molecule has 0 aliphatic heterocycles. The van der Waals surface area contributed by atoms with Crippen LogP contribution < -0.4 is 10.9 Å². The summed E-state index contributed by atoms with van der Waals surface area (Å²) in [6.07, 6.45) is 9.06. The fraction of sp³-hybridized carbons (Fsp3) is 0.650. The van der Waals surface area contributed by atoms with Crippen LogP contribution in [0.15, 0.2) is 11.1 Å². The Bertz CT molecular complexity index is 839. The van der Waals surface area contributed by atoms with E-state index in [0.717, 1.165) is 21.7 Å². The molecule has 0 aromatic carbocycles. The largest absolute Gasteiger partial charge is 0.353 e. The maximum absolute atomic E-state index is 12.7. The van der Waals surface area contributed by atoms with Gasteiger partial charge in [0.05, 0.1) is 11.7 Å². The van der Waals surface area contributed by atoms with Crippen molar-refractivity contribution in [3.8, 4) is 0 Å². The molecule has 1 aliphatic carbocycles. The van der Waals surface area contributed by atoms with Crippen LogP contribution in [0, 0.1) is 19.8 Å². The molecule has 5 nitrogen and oxygen atoms in total. The molecule has 2 aromatic heterocycles. The van der Waals surface area contributed by atoms with Gasteiger partial charge < -0.3 is 5.32 Å². The number of rotatable bonds is 7. The lowest BCUT2D eigenvalue weighted by molar-refractivity contribution is -0.122. The van der Waals surface area contributed by atoms with Crippen LogP contribution in [0.3, 0.4) is 0 Å². The predicted molar refractivity (Wildman–Crippen MR) is 107 cm³/mol. The van der Waals surface area contributed by atoms with E-state index in [0.29, 0.717) is 30.3 Å². The van der Waals surface area contributed by atoms with Crippen molar-refractivity contribution in [2.45, 2.75) is 78.3 Å². The van der Waals surface area contributed by atoms with Crippen LogP contribution in [-0.4, -0.2) is 21.5 Å². The third-order valence-electron chi connectivity index (χ3n) is 5.67. The Morgan fingerprint density at radius 2 is 2.19 bits per heavy atom. The summed E-state index contributed by atoms with van der Waals surface area (Å²) in [5, 5.41) is 3.91. The van der Waals surface area contributed by atoms with Crippen LogP contribution >= 0.6 is 11.3 Å². The number of amides is 1. The van der Waals surface area contributed by atoms with Gasteiger partial charge in [-0.3, -0.25) is 14.2 Å². The molecule has 6 heteroatoms. The van der Waals surface area contributed by atoms with Crippen molar-refractivity contribution in [3.05, 3.63) is 27.1 Å². The van der Waals surface area contributed by atoms with Gasteiger partial charge >= 0.3 is 0 Å². The van der Waals surface area contributed by atoms with E-state index in [-0.39, 0.29) is 11.5 Å². The lowest BCUT2D eigenvalue weighted by Gasteiger charge is -2.21. The first-order valence-electron chi connectivity index (χ1n) is 9.75. The van der Waals surface area contributed by atoms with E-state index < -0.39 is 0 Å². The summed E-state index contributed by atoms with van der Waals surface area (Å²) in [5.41, 5.74) is 0.970. The summed E-state index contributed by atoms with van der Waals surface area (Å²) in [5.74, 6) is 0.666. The lowest BCUT2D eigenvalue weighted by Crippen LogP contribution is -2.38. The number of nitrogens with one attached hydrogen (secondary N) is 1. The van der Waals surface area contributed by atoms with Gasteiger partial charge in [0, 0.05) is 23.9 Å². The molecule has 0 saturated heterocycles. The van der Waals surface area contributed by atoms with Gasteiger partial charge in [0.1, 0.15) is 4.83 Å². The van der Waals surface area contributed by atoms with E-state index in [9.17, 15) is 9.59 Å². The van der Waals surface area contributed by atoms with Crippen LogP contribution in [0.5, 0.6) is 0 Å². The highest BCUT2D eigenvalue weighted by Gasteiger charge is 2.27. The van der Waals surface area contributed by atoms with Crippen molar-refractivity contribution in [3.63, 3.8) is 0 Å². The summed E-state index contributed by atoms with van der Waals surface area (Å²) in [6.45, 7) is 6.57. The van der Waals surface area contributed by atoms with Gasteiger partial charge in [0.15, 0.2) is 0 Å². The molecular weight excluding hydrogens is 346 g/mol. The van der Waals surface area contributed by atoms with Gasteiger partial charge in [-0.1, -0.05) is 26.2 Å². The van der Waals surface area contributed by atoms with Crippen molar-refractivity contribution in [2.24, 2.45) is 5.92 Å². The summed E-state index contributed by atoms with van der Waals surface area (Å²) >= 11 is 1.55. The van der Waals surface area contributed by atoms with Crippen molar-refractivity contribution in [1.82, 2.24) is 14.9 Å². The third kappa shape index (κ3) is 4.00. The molecule has 1 fully saturated rings. The Hall–Kier alpha value is -1.69. The number of aromatic nitrogens is 2. The van der Waals surface area contributed by atoms with Crippen molar-refractivity contribution in [1.29, 1.82) is 0 Å². The lowest BCUT2D eigenvalue weighted by atomic mass is 9.97. The molecule has 2 unspecified atom stereocenters. The van der Waals surface area contributed by atoms with Crippen molar-refractivity contribution >= 4 is 27.5 Å². The van der Waals surface area contributed by atoms with Crippen LogP contribution in [0.25, 0.3) is 10.2 Å². The molecule has 0 bridgehead atoms. The standard InChI is InChI=1S/C20H29N3O2S/c1-4-5-7-15-8-6-9-16(15)22-17(24)10-11-23-12-21-19-18(20(23)25)13(2)14(3)26-19/h12,15-16H,4-11H2,1-3H3,(H,22,24). The van der Waals surface area contributed by atoms with Crippen LogP contribution in [0.2, 0.25) is 0 Å². The molecule has 1 saturated carbocycles. The summed E-state index contributed by atoms with van der Waals surface area (Å²) in [4.78, 5) is 31.4. The van der Waals surface area contributed by atoms with Gasteiger partial charge in [-0.25, -0.2) is 4.98 Å². The molecule has 2 atom stereocenters. The van der Waals surface area contributed by atoms with Crippen LogP contribution in [0.1, 0.15) is 62.3 Å². The van der Waals surface area contributed by atoms with Crippen LogP contribution in [-0.2, 0) is 11.3 Å². The van der Waals surface area contributed by atoms with E-state index >= 15 is 0 Å². The van der Waals surface area contributed by atoms with Gasteiger partial charge in [-0.05, 0) is 44.6 Å². The minimum Gasteiger partial charge on any atom is -0.353 e. The molecule has 1 N–H and O–H groups in total. The predicted octanol–water partition coefficient (Wildman–Crippen LogP) is 3.94. The normalized spacial score (nSPS) is 20.0. The molecule has 2 heterocycles. The molecule has 26 heavy (non-hydrogen) atoms. The molecule has 2 aromatic rings. The van der Waals surface area contributed by atoms with Crippen molar-refractivity contribution < 1.29 is 4.79 Å². The number of fused-ring (bicyclic) bond motifs is 1. The topological polar surface area (TPSA) is 64.0 Å². The molecule has 142 valence electrons. The zero-order chi connectivity index (χ0) is 18.7. The Morgan fingerprint density at radius 1 is 1.38 bits per heavy atom. The summed E-state index contributed by atoms with van der Waals surface area (Å²) in [7, 11) is 0. The maximum Gasteiger partial charge on any atom is 0.262 e. The average Bonchev–Trinajstić information content (AvgIpc) is 3.17. The smallest absolute Gasteiger partial charge is 0.262 e. The molecule has 0 spiro atoms. The van der Waals surface area contributed by atoms with Gasteiger partial charge in [0.25, 0.3) is 5.56 Å². The van der Waals surface area contributed by atoms with E-state index in [1.165, 1.54) is 32.1 Å². The number of carbonyl (C=O) groups is 1. The van der Waals surface area contributed by atoms with Gasteiger partial charge in [-0.2, -0.15) is 0 Å². The highest BCUT2D eigenvalue weighted by atomic mass is 32.1. The number of nitrogens with zero attached hydrogens (tertiary/aromatic N) is 2. The Morgan fingerprint density at radius 3 is 2.96 bits per heavy atom. The third-order valence-corrected chi connectivity index (χ3v) is 6.78. The molecule has 1 aliphatic rings. The SMILES string of the molecule is CCCCC1CCCC1NC(=O)CCn1cnc2sc(C)c(C)c2c1=O. The quantitative estimate of drug-likeness (QED) is 0.797. The van der Waals surface area contributed by atoms with E-state index in [1.54, 1.807) is 22.2 Å². The maximum atomic E-state index is 12.7. The minimum atomic E-state index is -0.0358. The monoisotopic (exact) mass is 375 g/mol. The first kappa shape index (κ1) is 19.1. The highest BCUT2D eigenvalue weighted by Crippen LogP contribution is 2.30. The molecular formula is C20H29N3O2S. The first-order valence-corrected chi connectivity index (χ1v) is 10.6. The van der Waals surface area contributed by atoms with E-state index in [2.05, 4.69) is 17.2 Å². The summed E-state index contributed by atoms with van der Waals surface area (Å²) in [6, 6.07) is 0.313. The zero-order valence-corrected chi connectivity index (χ0v) is 16.8. The molecule has 1 amide bonds. The van der Waals surface area contributed by atoms with Gasteiger partial charge in [0.2, 0.25) is 5.91 Å². The number of unbranched alkanes of at least 4 members (excludes halogenated alkanes) is 1. The van der Waals surface area contributed by atoms with Crippen molar-refractivity contribution in [2.75, 3.05) is 0 Å². The Labute approximate surface area is 158 Å². The number of carbonyl (C=O) groups excluding carboxylic acids is 1. The summed E-state index contributed by atoms with van der Waals surface area (Å²) < 4.78 is 1.57. The fourth-order valence-corrected chi connectivity index (χ4v) is 4.96. The Kier molecular flexibility index (Phi) is 6.12. The van der Waals surface area contributed by atoms with Crippen LogP contribution in [0.4, 0.5) is 0 Å². The number of thiophene rings is 1. The zero-order valence-electron chi connectivity index (χ0n) is 16.0. The average molecular weight is 376 g/mol. The number of hydrogen-bond donors (Lipinski definition) is 1. The second kappa shape index (κ2) is 8.33. The second-order valence-corrected chi connectivity index (χ2v) is 8.67. The van der Waals surface area contributed by atoms with Gasteiger partial charge in [-0.15, -0.1) is 11.3 Å². The number of aryl methyl sites for hydroxylation is 3. The first-order chi connectivity index (χ1) is 12.5. The second-order valence-electron chi connectivity index (χ2n) is 7.46. The highest BCUT2D eigenvalue weighted by molar-refractivity contribution is 7.18. The number of hydrogen-bond acceptors (Lipinski definition) is 4. The van der Waals surface area contributed by atoms with E-state index in [1.807, 2.05) is 13.8 Å². The molecule has 0 radical (unpaired) electrons. The fourth-order valence-electron chi connectivity index (χ4n) is 3.97. The van der Waals surface area contributed by atoms with E-state index in [4.69, 9.17) is 0 Å². The molecule has 3 rings (SSSR count). The minimum absolute atomic E-state index is 0.0358.